The second-order valence-corrected chi connectivity index (χ2v) is 10.7. The summed E-state index contributed by atoms with van der Waals surface area (Å²) < 4.78 is 26.7. The fraction of sp³-hybridized carbons (Fsp3) is 0.214. The number of rotatable bonds is 9. The zero-order valence-corrected chi connectivity index (χ0v) is 24.1. The van der Waals surface area contributed by atoms with Gasteiger partial charge in [-0.2, -0.15) is 0 Å². The number of amidine groups is 1. The summed E-state index contributed by atoms with van der Waals surface area (Å²) in [4.78, 5) is 20.2. The lowest BCUT2D eigenvalue weighted by Crippen LogP contribution is -2.29. The molecule has 3 aromatic rings. The Balaban J connectivity index is 1.62. The van der Waals surface area contributed by atoms with Gasteiger partial charge in [-0.15, -0.1) is 0 Å². The average molecular weight is 651 g/mol. The van der Waals surface area contributed by atoms with Crippen LogP contribution in [0.4, 0.5) is 10.1 Å². The molecule has 3 aromatic carbocycles. The highest BCUT2D eigenvalue weighted by Crippen LogP contribution is 2.38. The van der Waals surface area contributed by atoms with Crippen LogP contribution in [-0.2, 0) is 11.4 Å². The van der Waals surface area contributed by atoms with Crippen molar-refractivity contribution in [3.63, 3.8) is 0 Å². The Morgan fingerprint density at radius 1 is 1.11 bits per heavy atom. The van der Waals surface area contributed by atoms with Crippen molar-refractivity contribution in [2.45, 2.75) is 26.9 Å². The summed E-state index contributed by atoms with van der Waals surface area (Å²) in [5.41, 5.74) is 1.99. The lowest BCUT2D eigenvalue weighted by Gasteiger charge is -2.15. The second-order valence-electron chi connectivity index (χ2n) is 8.08. The molecule has 1 aliphatic rings. The first-order chi connectivity index (χ1) is 17.9. The maximum Gasteiger partial charge on any atom is 0.266 e. The number of ether oxygens (including phenoxy) is 2. The Morgan fingerprint density at radius 2 is 1.86 bits per heavy atom. The summed E-state index contributed by atoms with van der Waals surface area (Å²) in [7, 11) is 0. The molecule has 0 aliphatic carbocycles. The molecule has 9 heteroatoms. The molecular weight excluding hydrogens is 626 g/mol. The van der Waals surface area contributed by atoms with E-state index < -0.39 is 0 Å². The third-order valence-electron chi connectivity index (χ3n) is 5.35. The summed E-state index contributed by atoms with van der Waals surface area (Å²) in [6.07, 6.45) is 2.64. The first kappa shape index (κ1) is 27.5. The number of carbonyl (C=O) groups is 1. The van der Waals surface area contributed by atoms with Gasteiger partial charge in [0.2, 0.25) is 0 Å². The Bertz CT molecular complexity index is 1350. The van der Waals surface area contributed by atoms with Crippen LogP contribution in [0.15, 0.2) is 70.6 Å². The van der Waals surface area contributed by atoms with Gasteiger partial charge < -0.3 is 9.47 Å². The van der Waals surface area contributed by atoms with Crippen molar-refractivity contribution in [3.05, 3.63) is 91.1 Å². The van der Waals surface area contributed by atoms with Crippen molar-refractivity contribution >= 4 is 68.8 Å². The lowest BCUT2D eigenvalue weighted by atomic mass is 10.1. The molecule has 192 valence electrons. The number of benzene rings is 3. The smallest absolute Gasteiger partial charge is 0.266 e. The van der Waals surface area contributed by atoms with Crippen LogP contribution in [0, 0.1) is 9.39 Å². The molecule has 1 saturated heterocycles. The van der Waals surface area contributed by atoms with Crippen LogP contribution in [0.2, 0.25) is 5.02 Å². The third kappa shape index (κ3) is 6.86. The van der Waals surface area contributed by atoms with Gasteiger partial charge >= 0.3 is 0 Å². The second kappa shape index (κ2) is 12.8. The Morgan fingerprint density at radius 3 is 2.57 bits per heavy atom. The van der Waals surface area contributed by atoms with Gasteiger partial charge in [0, 0.05) is 17.1 Å². The van der Waals surface area contributed by atoms with Crippen LogP contribution in [0.1, 0.15) is 31.4 Å². The van der Waals surface area contributed by atoms with Gasteiger partial charge in [-0.3, -0.25) is 9.69 Å². The quantitative estimate of drug-likeness (QED) is 0.174. The van der Waals surface area contributed by atoms with E-state index in [1.165, 1.54) is 17.8 Å². The van der Waals surface area contributed by atoms with E-state index >= 15 is 0 Å². The van der Waals surface area contributed by atoms with E-state index in [1.807, 2.05) is 44.2 Å². The van der Waals surface area contributed by atoms with E-state index in [1.54, 1.807) is 35.2 Å². The number of hydrogen-bond acceptors (Lipinski definition) is 5. The fourth-order valence-electron chi connectivity index (χ4n) is 3.63. The average Bonchev–Trinajstić information content (AvgIpc) is 3.15. The molecule has 37 heavy (non-hydrogen) atoms. The van der Waals surface area contributed by atoms with Gasteiger partial charge in [-0.25, -0.2) is 9.38 Å². The van der Waals surface area contributed by atoms with E-state index in [4.69, 9.17) is 21.1 Å². The third-order valence-corrected chi connectivity index (χ3v) is 7.41. The molecular formula is C28H25ClFIN2O3S. The number of amides is 1. The standard InChI is InChI=1S/C28H25ClFIN2O3S/c1-3-13-33-27(34)25(37-28(33)32-21-11-9-20(29)10-12-21)16-18-14-23(31)26(24(15-18)35-4-2)36-17-19-7-5-6-8-22(19)30/h5-12,14-16H,3-4,13,17H2,1-2H3/b25-16-,32-28?. The highest BCUT2D eigenvalue weighted by Gasteiger charge is 2.33. The molecule has 0 bridgehead atoms. The molecule has 0 N–H and O–H groups in total. The molecule has 1 amide bonds. The molecule has 0 atom stereocenters. The minimum absolute atomic E-state index is 0.0774. The van der Waals surface area contributed by atoms with Crippen LogP contribution in [0.3, 0.4) is 0 Å². The predicted molar refractivity (Wildman–Crippen MR) is 157 cm³/mol. The van der Waals surface area contributed by atoms with Gasteiger partial charge in [0.05, 0.1) is 20.8 Å². The highest BCUT2D eigenvalue weighted by molar-refractivity contribution is 14.1. The number of hydrogen-bond donors (Lipinski definition) is 0. The monoisotopic (exact) mass is 650 g/mol. The van der Waals surface area contributed by atoms with E-state index in [9.17, 15) is 9.18 Å². The fourth-order valence-corrected chi connectivity index (χ4v) is 5.56. The maximum absolute atomic E-state index is 14.1. The summed E-state index contributed by atoms with van der Waals surface area (Å²) >= 11 is 9.50. The minimum atomic E-state index is -0.318. The molecule has 1 aliphatic heterocycles. The molecule has 0 radical (unpaired) electrons. The van der Waals surface area contributed by atoms with Crippen molar-refractivity contribution in [3.8, 4) is 11.5 Å². The number of carbonyl (C=O) groups excluding carboxylic acids is 1. The molecule has 1 fully saturated rings. The highest BCUT2D eigenvalue weighted by atomic mass is 127. The van der Waals surface area contributed by atoms with Crippen molar-refractivity contribution in [2.75, 3.05) is 13.2 Å². The van der Waals surface area contributed by atoms with Crippen molar-refractivity contribution in [1.82, 2.24) is 4.90 Å². The first-order valence-corrected chi connectivity index (χ1v) is 14.0. The van der Waals surface area contributed by atoms with Crippen LogP contribution < -0.4 is 9.47 Å². The summed E-state index contributed by atoms with van der Waals surface area (Å²) in [6, 6.07) is 17.5. The Hall–Kier alpha value is -2.56. The van der Waals surface area contributed by atoms with Crippen LogP contribution >= 0.6 is 46.0 Å². The molecule has 1 heterocycles. The zero-order chi connectivity index (χ0) is 26.4. The first-order valence-electron chi connectivity index (χ1n) is 11.8. The summed E-state index contributed by atoms with van der Waals surface area (Å²) in [6.45, 7) is 4.99. The van der Waals surface area contributed by atoms with E-state index in [0.29, 0.717) is 45.3 Å². The number of nitrogens with zero attached hydrogens (tertiary/aromatic N) is 2. The van der Waals surface area contributed by atoms with Gasteiger partial charge in [-0.1, -0.05) is 36.7 Å². The van der Waals surface area contributed by atoms with Gasteiger partial charge in [0.15, 0.2) is 16.7 Å². The number of halogens is 3. The van der Waals surface area contributed by atoms with Gasteiger partial charge in [0.1, 0.15) is 12.4 Å². The zero-order valence-electron chi connectivity index (χ0n) is 20.3. The van der Waals surface area contributed by atoms with Gasteiger partial charge in [-0.05, 0) is 102 Å². The van der Waals surface area contributed by atoms with E-state index in [0.717, 1.165) is 21.2 Å². The SMILES string of the molecule is CCCN1C(=O)/C(=C/c2cc(I)c(OCc3ccccc3F)c(OCC)c2)SC1=Nc1ccc(Cl)cc1. The van der Waals surface area contributed by atoms with Crippen molar-refractivity contribution < 1.29 is 18.7 Å². The van der Waals surface area contributed by atoms with Crippen LogP contribution in [0.25, 0.3) is 6.08 Å². The topological polar surface area (TPSA) is 51.1 Å². The van der Waals surface area contributed by atoms with Crippen molar-refractivity contribution in [1.29, 1.82) is 0 Å². The van der Waals surface area contributed by atoms with Gasteiger partial charge in [0.25, 0.3) is 5.91 Å². The predicted octanol–water partition coefficient (Wildman–Crippen LogP) is 8.08. The molecule has 5 nitrogen and oxygen atoms in total. The Kier molecular flexibility index (Phi) is 9.50. The molecule has 4 rings (SSSR count). The Labute approximate surface area is 238 Å². The molecule has 0 unspecified atom stereocenters. The van der Waals surface area contributed by atoms with Crippen LogP contribution in [0.5, 0.6) is 11.5 Å². The molecule has 0 saturated carbocycles. The maximum atomic E-state index is 14.1. The number of thioether (sulfide) groups is 1. The summed E-state index contributed by atoms with van der Waals surface area (Å²) in [5, 5.41) is 1.26. The largest absolute Gasteiger partial charge is 0.490 e. The van der Waals surface area contributed by atoms with Crippen LogP contribution in [-0.4, -0.2) is 29.1 Å². The van der Waals surface area contributed by atoms with E-state index in [2.05, 4.69) is 27.6 Å². The molecule has 0 aromatic heterocycles. The van der Waals surface area contributed by atoms with Crippen molar-refractivity contribution in [2.24, 2.45) is 4.99 Å². The number of aliphatic imine (C=N–C) groups is 1. The molecule has 0 spiro atoms. The lowest BCUT2D eigenvalue weighted by molar-refractivity contribution is -0.122. The minimum Gasteiger partial charge on any atom is -0.490 e. The van der Waals surface area contributed by atoms with E-state index in [-0.39, 0.29) is 18.3 Å². The normalized spacial score (nSPS) is 15.6. The summed E-state index contributed by atoms with van der Waals surface area (Å²) in [5.74, 6) is 0.665.